The lowest BCUT2D eigenvalue weighted by atomic mass is 10.2. The Balaban J connectivity index is 2.05. The molecular formula is C12H15BrN4. The lowest BCUT2D eigenvalue weighted by Crippen LogP contribution is -2.25. The van der Waals surface area contributed by atoms with Crippen LogP contribution in [0.25, 0.3) is 5.65 Å². The molecule has 2 aromatic heterocycles. The predicted octanol–water partition coefficient (Wildman–Crippen LogP) is 2.87. The number of hydrogen-bond acceptors (Lipinski definition) is 3. The molecule has 0 saturated carbocycles. The van der Waals surface area contributed by atoms with Crippen molar-refractivity contribution in [1.82, 2.24) is 14.4 Å². The van der Waals surface area contributed by atoms with E-state index in [4.69, 9.17) is 0 Å². The number of fused-ring (bicyclic) bond motifs is 1. The van der Waals surface area contributed by atoms with Crippen molar-refractivity contribution in [2.75, 3.05) is 18.0 Å². The predicted molar refractivity (Wildman–Crippen MR) is 71.4 cm³/mol. The molecule has 0 bridgehead atoms. The summed E-state index contributed by atoms with van der Waals surface area (Å²) in [5.41, 5.74) is 0.954. The average molecular weight is 295 g/mol. The fourth-order valence-corrected chi connectivity index (χ4v) is 2.77. The molecule has 0 aromatic carbocycles. The first-order valence-electron chi connectivity index (χ1n) is 6.09. The summed E-state index contributed by atoms with van der Waals surface area (Å²) in [6, 6.07) is 0. The van der Waals surface area contributed by atoms with E-state index in [-0.39, 0.29) is 0 Å². The third-order valence-electron chi connectivity index (χ3n) is 3.23. The highest BCUT2D eigenvalue weighted by molar-refractivity contribution is 9.10. The summed E-state index contributed by atoms with van der Waals surface area (Å²) in [6.07, 6.45) is 10.9. The van der Waals surface area contributed by atoms with Crippen molar-refractivity contribution >= 4 is 27.4 Å². The fourth-order valence-electron chi connectivity index (χ4n) is 2.38. The van der Waals surface area contributed by atoms with Gasteiger partial charge >= 0.3 is 0 Å². The van der Waals surface area contributed by atoms with Crippen LogP contribution in [0.15, 0.2) is 23.2 Å². The highest BCUT2D eigenvalue weighted by Gasteiger charge is 2.15. The van der Waals surface area contributed by atoms with Gasteiger partial charge in [0.2, 0.25) is 0 Å². The van der Waals surface area contributed by atoms with E-state index in [2.05, 4.69) is 30.8 Å². The Morgan fingerprint density at radius 2 is 1.88 bits per heavy atom. The zero-order valence-corrected chi connectivity index (χ0v) is 11.2. The van der Waals surface area contributed by atoms with Gasteiger partial charge < -0.3 is 9.30 Å². The summed E-state index contributed by atoms with van der Waals surface area (Å²) in [7, 11) is 0. The second-order valence-electron chi connectivity index (χ2n) is 4.45. The highest BCUT2D eigenvalue weighted by Crippen LogP contribution is 2.23. The standard InChI is InChI=1S/C12H15BrN4/c13-10-9-17-8-5-14-11(17)12(15-10)16-6-3-1-2-4-7-16/h5,8-9H,1-4,6-7H2. The van der Waals surface area contributed by atoms with Crippen LogP contribution in [0.4, 0.5) is 5.82 Å². The molecule has 1 aliphatic rings. The van der Waals surface area contributed by atoms with Gasteiger partial charge in [-0.2, -0.15) is 0 Å². The Bertz CT molecular complexity index is 514. The van der Waals surface area contributed by atoms with Crippen LogP contribution in [0, 0.1) is 0 Å². The number of anilines is 1. The van der Waals surface area contributed by atoms with Gasteiger partial charge in [0.25, 0.3) is 0 Å². The number of rotatable bonds is 1. The first-order valence-corrected chi connectivity index (χ1v) is 6.88. The van der Waals surface area contributed by atoms with Gasteiger partial charge in [0, 0.05) is 31.7 Å². The zero-order chi connectivity index (χ0) is 11.7. The summed E-state index contributed by atoms with van der Waals surface area (Å²) >= 11 is 3.47. The van der Waals surface area contributed by atoms with E-state index in [0.717, 1.165) is 29.2 Å². The van der Waals surface area contributed by atoms with Gasteiger partial charge in [-0.15, -0.1) is 0 Å². The van der Waals surface area contributed by atoms with E-state index in [1.807, 2.05) is 23.0 Å². The molecule has 17 heavy (non-hydrogen) atoms. The molecule has 0 N–H and O–H groups in total. The molecule has 0 spiro atoms. The third-order valence-corrected chi connectivity index (χ3v) is 3.61. The van der Waals surface area contributed by atoms with E-state index < -0.39 is 0 Å². The minimum Gasteiger partial charge on any atom is -0.353 e. The molecule has 0 unspecified atom stereocenters. The maximum absolute atomic E-state index is 4.60. The van der Waals surface area contributed by atoms with Gasteiger partial charge in [0.05, 0.1) is 0 Å². The van der Waals surface area contributed by atoms with Crippen molar-refractivity contribution in [3.63, 3.8) is 0 Å². The molecule has 90 valence electrons. The molecule has 0 atom stereocenters. The van der Waals surface area contributed by atoms with Crippen molar-refractivity contribution < 1.29 is 0 Å². The van der Waals surface area contributed by atoms with Crippen LogP contribution in [0.1, 0.15) is 25.7 Å². The van der Waals surface area contributed by atoms with Crippen molar-refractivity contribution in [2.45, 2.75) is 25.7 Å². The lowest BCUT2D eigenvalue weighted by Gasteiger charge is -2.21. The van der Waals surface area contributed by atoms with Crippen molar-refractivity contribution in [2.24, 2.45) is 0 Å². The summed E-state index contributed by atoms with van der Waals surface area (Å²) in [6.45, 7) is 2.18. The van der Waals surface area contributed by atoms with Crippen LogP contribution in [0.2, 0.25) is 0 Å². The lowest BCUT2D eigenvalue weighted by molar-refractivity contribution is 0.726. The number of nitrogens with zero attached hydrogens (tertiary/aromatic N) is 4. The van der Waals surface area contributed by atoms with Gasteiger partial charge in [-0.1, -0.05) is 12.8 Å². The maximum Gasteiger partial charge on any atom is 0.180 e. The number of imidazole rings is 1. The Kier molecular flexibility index (Phi) is 3.01. The van der Waals surface area contributed by atoms with E-state index in [0.29, 0.717) is 0 Å². The summed E-state index contributed by atoms with van der Waals surface area (Å²) in [5.74, 6) is 1.01. The van der Waals surface area contributed by atoms with Gasteiger partial charge in [-0.3, -0.25) is 0 Å². The molecule has 2 aromatic rings. The van der Waals surface area contributed by atoms with E-state index in [1.54, 1.807) is 0 Å². The summed E-state index contributed by atoms with van der Waals surface area (Å²) in [5, 5.41) is 0. The molecule has 1 aliphatic heterocycles. The SMILES string of the molecule is Brc1cn2ccnc2c(N2CCCCCC2)n1. The fraction of sp³-hybridized carbons (Fsp3) is 0.500. The summed E-state index contributed by atoms with van der Waals surface area (Å²) in [4.78, 5) is 11.4. The Labute approximate surface area is 109 Å². The monoisotopic (exact) mass is 294 g/mol. The Morgan fingerprint density at radius 1 is 1.12 bits per heavy atom. The maximum atomic E-state index is 4.60. The highest BCUT2D eigenvalue weighted by atomic mass is 79.9. The van der Waals surface area contributed by atoms with Crippen LogP contribution in [-0.2, 0) is 0 Å². The van der Waals surface area contributed by atoms with Gasteiger partial charge in [0.1, 0.15) is 4.60 Å². The van der Waals surface area contributed by atoms with Crippen molar-refractivity contribution in [3.8, 4) is 0 Å². The molecule has 3 heterocycles. The molecule has 1 fully saturated rings. The Hall–Kier alpha value is -1.10. The van der Waals surface area contributed by atoms with Crippen LogP contribution < -0.4 is 4.90 Å². The third kappa shape index (κ3) is 2.16. The van der Waals surface area contributed by atoms with E-state index >= 15 is 0 Å². The van der Waals surface area contributed by atoms with E-state index in [9.17, 15) is 0 Å². The molecule has 0 radical (unpaired) electrons. The molecule has 4 nitrogen and oxygen atoms in total. The minimum absolute atomic E-state index is 0.863. The zero-order valence-electron chi connectivity index (χ0n) is 9.64. The van der Waals surface area contributed by atoms with Gasteiger partial charge in [-0.05, 0) is 28.8 Å². The van der Waals surface area contributed by atoms with Gasteiger partial charge in [0.15, 0.2) is 11.5 Å². The second-order valence-corrected chi connectivity index (χ2v) is 5.26. The molecule has 3 rings (SSSR count). The number of aromatic nitrogens is 3. The van der Waals surface area contributed by atoms with Crippen LogP contribution in [0.3, 0.4) is 0 Å². The number of halogens is 1. The summed E-state index contributed by atoms with van der Waals surface area (Å²) < 4.78 is 2.89. The normalized spacial score (nSPS) is 17.4. The molecular weight excluding hydrogens is 280 g/mol. The van der Waals surface area contributed by atoms with E-state index in [1.165, 1.54) is 25.7 Å². The largest absolute Gasteiger partial charge is 0.353 e. The average Bonchev–Trinajstić information content (AvgIpc) is 2.62. The topological polar surface area (TPSA) is 33.4 Å². The molecule has 1 saturated heterocycles. The van der Waals surface area contributed by atoms with Crippen LogP contribution in [0.5, 0.6) is 0 Å². The van der Waals surface area contributed by atoms with Crippen LogP contribution in [-0.4, -0.2) is 27.5 Å². The van der Waals surface area contributed by atoms with Crippen molar-refractivity contribution in [3.05, 3.63) is 23.2 Å². The van der Waals surface area contributed by atoms with Crippen LogP contribution >= 0.6 is 15.9 Å². The first-order chi connectivity index (χ1) is 8.34. The smallest absolute Gasteiger partial charge is 0.180 e. The minimum atomic E-state index is 0.863. The Morgan fingerprint density at radius 3 is 2.65 bits per heavy atom. The molecule has 0 aliphatic carbocycles. The van der Waals surface area contributed by atoms with Crippen molar-refractivity contribution in [1.29, 1.82) is 0 Å². The quantitative estimate of drug-likeness (QED) is 0.811. The second kappa shape index (κ2) is 4.64. The molecule has 0 amide bonds. The first kappa shape index (κ1) is 11.0. The van der Waals surface area contributed by atoms with Gasteiger partial charge in [-0.25, -0.2) is 9.97 Å². The number of hydrogen-bond donors (Lipinski definition) is 0. The molecule has 5 heteroatoms.